The third kappa shape index (κ3) is 3.19. The van der Waals surface area contributed by atoms with Crippen molar-refractivity contribution in [2.75, 3.05) is 5.32 Å². The molecule has 0 spiro atoms. The largest absolute Gasteiger partial charge is 0.321 e. The van der Waals surface area contributed by atoms with Crippen molar-refractivity contribution < 1.29 is 13.6 Å². The minimum atomic E-state index is -0.920. The molecule has 0 aliphatic rings. The average molecular weight is 391 g/mol. The number of hydrogen-bond donors (Lipinski definition) is 1. The quantitative estimate of drug-likeness (QED) is 0.788. The molecule has 1 N–H and O–H groups in total. The number of rotatable bonds is 2. The SMILES string of the molecule is O=C(Nc1ccccc1Br)c1c(F)cc(Br)cc1F. The maximum absolute atomic E-state index is 13.6. The van der Waals surface area contributed by atoms with Gasteiger partial charge in [-0.15, -0.1) is 0 Å². The van der Waals surface area contributed by atoms with Crippen molar-refractivity contribution in [2.45, 2.75) is 0 Å². The number of benzene rings is 2. The van der Waals surface area contributed by atoms with Gasteiger partial charge in [0, 0.05) is 8.95 Å². The summed E-state index contributed by atoms with van der Waals surface area (Å²) in [6, 6.07) is 8.88. The molecule has 0 unspecified atom stereocenters. The zero-order valence-corrected chi connectivity index (χ0v) is 12.6. The van der Waals surface area contributed by atoms with Gasteiger partial charge in [-0.25, -0.2) is 8.78 Å². The molecule has 2 nitrogen and oxygen atoms in total. The van der Waals surface area contributed by atoms with Crippen molar-refractivity contribution in [3.63, 3.8) is 0 Å². The van der Waals surface area contributed by atoms with Gasteiger partial charge < -0.3 is 5.32 Å². The van der Waals surface area contributed by atoms with E-state index >= 15 is 0 Å². The molecule has 2 rings (SSSR count). The number of amides is 1. The minimum Gasteiger partial charge on any atom is -0.321 e. The number of halogens is 4. The van der Waals surface area contributed by atoms with Crippen LogP contribution in [0.25, 0.3) is 0 Å². The molecule has 0 aliphatic heterocycles. The van der Waals surface area contributed by atoms with Crippen LogP contribution in [0, 0.1) is 11.6 Å². The highest BCUT2D eigenvalue weighted by molar-refractivity contribution is 9.10. The van der Waals surface area contributed by atoms with Crippen LogP contribution in [0.2, 0.25) is 0 Å². The van der Waals surface area contributed by atoms with Crippen LogP contribution >= 0.6 is 31.9 Å². The number of nitrogens with one attached hydrogen (secondary N) is 1. The second-order valence-electron chi connectivity index (χ2n) is 3.68. The molecule has 0 radical (unpaired) electrons. The van der Waals surface area contributed by atoms with Crippen molar-refractivity contribution in [1.82, 2.24) is 0 Å². The van der Waals surface area contributed by atoms with E-state index in [1.54, 1.807) is 24.3 Å². The molecular weight excluding hydrogens is 384 g/mol. The van der Waals surface area contributed by atoms with Crippen LogP contribution in [0.15, 0.2) is 45.3 Å². The maximum Gasteiger partial charge on any atom is 0.261 e. The van der Waals surface area contributed by atoms with Crippen LogP contribution in [0.4, 0.5) is 14.5 Å². The van der Waals surface area contributed by atoms with E-state index in [-0.39, 0.29) is 4.47 Å². The fourth-order valence-electron chi connectivity index (χ4n) is 1.51. The molecule has 0 atom stereocenters. The first-order chi connectivity index (χ1) is 8.99. The van der Waals surface area contributed by atoms with E-state index in [1.807, 2.05) is 0 Å². The molecule has 0 bridgehead atoms. The Balaban J connectivity index is 2.34. The van der Waals surface area contributed by atoms with E-state index in [0.717, 1.165) is 12.1 Å². The highest BCUT2D eigenvalue weighted by Crippen LogP contribution is 2.24. The Morgan fingerprint density at radius 2 is 1.63 bits per heavy atom. The third-order valence-corrected chi connectivity index (χ3v) is 3.51. The maximum atomic E-state index is 13.6. The summed E-state index contributed by atoms with van der Waals surface area (Å²) in [5.41, 5.74) is -0.173. The number of carbonyl (C=O) groups excluding carboxylic acids is 1. The number of hydrogen-bond acceptors (Lipinski definition) is 1. The fraction of sp³-hybridized carbons (Fsp3) is 0. The van der Waals surface area contributed by atoms with E-state index < -0.39 is 23.1 Å². The van der Waals surface area contributed by atoms with Crippen LogP contribution in [0.3, 0.4) is 0 Å². The normalized spacial score (nSPS) is 10.3. The molecule has 0 heterocycles. The summed E-state index contributed by atoms with van der Waals surface area (Å²) in [5.74, 6) is -2.68. The predicted molar refractivity (Wildman–Crippen MR) is 76.2 cm³/mol. The van der Waals surface area contributed by atoms with Crippen molar-refractivity contribution in [1.29, 1.82) is 0 Å². The standard InChI is InChI=1S/C13H7Br2F2NO/c14-7-5-9(16)12(10(17)6-7)13(19)18-11-4-2-1-3-8(11)15/h1-6H,(H,18,19). The number of anilines is 1. The molecule has 0 fully saturated rings. The lowest BCUT2D eigenvalue weighted by Gasteiger charge is -2.09. The second kappa shape index (κ2) is 5.79. The molecule has 0 saturated heterocycles. The van der Waals surface area contributed by atoms with Crippen molar-refractivity contribution in [3.8, 4) is 0 Å². The summed E-state index contributed by atoms with van der Waals surface area (Å²) in [6.07, 6.45) is 0. The monoisotopic (exact) mass is 389 g/mol. The number of para-hydroxylation sites is 1. The van der Waals surface area contributed by atoms with E-state index in [0.29, 0.717) is 10.2 Å². The van der Waals surface area contributed by atoms with Gasteiger partial charge in [-0.1, -0.05) is 28.1 Å². The lowest BCUT2D eigenvalue weighted by molar-refractivity contribution is 0.101. The molecule has 2 aromatic rings. The third-order valence-electron chi connectivity index (χ3n) is 2.36. The molecule has 19 heavy (non-hydrogen) atoms. The molecule has 0 aromatic heterocycles. The van der Waals surface area contributed by atoms with Crippen LogP contribution in [0.5, 0.6) is 0 Å². The lowest BCUT2D eigenvalue weighted by Crippen LogP contribution is -2.16. The molecule has 0 saturated carbocycles. The Morgan fingerprint density at radius 1 is 1.05 bits per heavy atom. The van der Waals surface area contributed by atoms with Crippen LogP contribution in [-0.4, -0.2) is 5.91 Å². The van der Waals surface area contributed by atoms with Gasteiger partial charge in [0.25, 0.3) is 5.91 Å². The fourth-order valence-corrected chi connectivity index (χ4v) is 2.29. The smallest absolute Gasteiger partial charge is 0.261 e. The minimum absolute atomic E-state index is 0.236. The van der Waals surface area contributed by atoms with Crippen LogP contribution in [-0.2, 0) is 0 Å². The molecule has 6 heteroatoms. The first kappa shape index (κ1) is 14.1. The zero-order chi connectivity index (χ0) is 14.0. The van der Waals surface area contributed by atoms with Gasteiger partial charge in [-0.2, -0.15) is 0 Å². The summed E-state index contributed by atoms with van der Waals surface area (Å²) in [5, 5.41) is 2.45. The Labute approximate surface area is 125 Å². The highest BCUT2D eigenvalue weighted by Gasteiger charge is 2.19. The predicted octanol–water partition coefficient (Wildman–Crippen LogP) is 4.74. The number of carbonyl (C=O) groups is 1. The zero-order valence-electron chi connectivity index (χ0n) is 9.38. The van der Waals surface area contributed by atoms with Crippen molar-refractivity contribution in [3.05, 3.63) is 62.5 Å². The van der Waals surface area contributed by atoms with Gasteiger partial charge in [0.15, 0.2) is 0 Å². The topological polar surface area (TPSA) is 29.1 Å². The first-order valence-corrected chi connectivity index (χ1v) is 6.78. The van der Waals surface area contributed by atoms with Crippen molar-refractivity contribution in [2.24, 2.45) is 0 Å². The van der Waals surface area contributed by atoms with E-state index in [2.05, 4.69) is 37.2 Å². The highest BCUT2D eigenvalue weighted by atomic mass is 79.9. The molecule has 2 aromatic carbocycles. The Kier molecular flexibility index (Phi) is 4.31. The average Bonchev–Trinajstić information content (AvgIpc) is 2.30. The van der Waals surface area contributed by atoms with Gasteiger partial charge in [-0.3, -0.25) is 4.79 Å². The van der Waals surface area contributed by atoms with Crippen molar-refractivity contribution >= 4 is 43.5 Å². The summed E-state index contributed by atoms with van der Waals surface area (Å²) in [6.45, 7) is 0. The molecule has 98 valence electrons. The second-order valence-corrected chi connectivity index (χ2v) is 5.45. The van der Waals surface area contributed by atoms with E-state index in [9.17, 15) is 13.6 Å². The Morgan fingerprint density at radius 3 is 2.21 bits per heavy atom. The van der Waals surface area contributed by atoms with Gasteiger partial charge in [0.05, 0.1) is 5.69 Å². The summed E-state index contributed by atoms with van der Waals surface area (Å²) < 4.78 is 28.1. The summed E-state index contributed by atoms with van der Waals surface area (Å²) in [7, 11) is 0. The van der Waals surface area contributed by atoms with Gasteiger partial charge in [0.2, 0.25) is 0 Å². The molecule has 0 aliphatic carbocycles. The Bertz CT molecular complexity index is 623. The van der Waals surface area contributed by atoms with Crippen LogP contribution in [0.1, 0.15) is 10.4 Å². The van der Waals surface area contributed by atoms with Gasteiger partial charge in [0.1, 0.15) is 17.2 Å². The van der Waals surface area contributed by atoms with Gasteiger partial charge in [-0.05, 0) is 40.2 Å². The molecular formula is C13H7Br2F2NO. The molecule has 1 amide bonds. The van der Waals surface area contributed by atoms with E-state index in [1.165, 1.54) is 0 Å². The van der Waals surface area contributed by atoms with E-state index in [4.69, 9.17) is 0 Å². The first-order valence-electron chi connectivity index (χ1n) is 5.19. The van der Waals surface area contributed by atoms with Crippen LogP contribution < -0.4 is 5.32 Å². The van der Waals surface area contributed by atoms with Gasteiger partial charge >= 0.3 is 0 Å². The Hall–Kier alpha value is -1.27. The lowest BCUT2D eigenvalue weighted by atomic mass is 10.2. The summed E-state index contributed by atoms with van der Waals surface area (Å²) in [4.78, 5) is 11.9. The summed E-state index contributed by atoms with van der Waals surface area (Å²) >= 11 is 6.19.